The number of halogens is 2. The molecule has 2 aliphatic heterocycles. The van der Waals surface area contributed by atoms with Crippen molar-refractivity contribution >= 4 is 40.9 Å². The SMILES string of the molecule is O=C(CN1C(=O)c2cc(Cl)c(Cl)cc2C1=O)N1CCOCC1. The summed E-state index contributed by atoms with van der Waals surface area (Å²) < 4.78 is 5.17. The lowest BCUT2D eigenvalue weighted by atomic mass is 10.1. The summed E-state index contributed by atoms with van der Waals surface area (Å²) in [6, 6.07) is 2.72. The lowest BCUT2D eigenvalue weighted by Gasteiger charge is -2.28. The average molecular weight is 343 g/mol. The molecule has 6 nitrogen and oxygen atoms in total. The van der Waals surface area contributed by atoms with Gasteiger partial charge < -0.3 is 9.64 Å². The van der Waals surface area contributed by atoms with E-state index in [1.165, 1.54) is 12.1 Å². The molecule has 0 saturated carbocycles. The van der Waals surface area contributed by atoms with Crippen LogP contribution in [0.15, 0.2) is 12.1 Å². The number of imide groups is 1. The molecule has 0 aromatic heterocycles. The Morgan fingerprint density at radius 3 is 2.05 bits per heavy atom. The van der Waals surface area contributed by atoms with Gasteiger partial charge in [-0.1, -0.05) is 23.2 Å². The number of fused-ring (bicyclic) bond motifs is 1. The molecule has 1 aromatic carbocycles. The Kier molecular flexibility index (Phi) is 4.08. The van der Waals surface area contributed by atoms with Crippen molar-refractivity contribution in [2.45, 2.75) is 0 Å². The molecule has 2 aliphatic rings. The van der Waals surface area contributed by atoms with E-state index >= 15 is 0 Å². The zero-order chi connectivity index (χ0) is 15.9. The van der Waals surface area contributed by atoms with Crippen LogP contribution in [0.2, 0.25) is 10.0 Å². The molecule has 0 atom stereocenters. The Bertz CT molecular complexity index is 630. The van der Waals surface area contributed by atoms with Crippen molar-refractivity contribution in [1.82, 2.24) is 9.80 Å². The monoisotopic (exact) mass is 342 g/mol. The van der Waals surface area contributed by atoms with E-state index in [1.807, 2.05) is 0 Å². The summed E-state index contributed by atoms with van der Waals surface area (Å²) in [6.45, 7) is 1.54. The summed E-state index contributed by atoms with van der Waals surface area (Å²) in [5.41, 5.74) is 0.350. The van der Waals surface area contributed by atoms with Crippen molar-refractivity contribution in [3.8, 4) is 0 Å². The molecule has 8 heteroatoms. The Labute approximate surface area is 136 Å². The normalized spacial score (nSPS) is 17.9. The number of amides is 3. The van der Waals surface area contributed by atoms with Gasteiger partial charge in [0.15, 0.2) is 0 Å². The standard InChI is InChI=1S/C14H12Cl2N2O4/c15-10-5-8-9(6-11(10)16)14(21)18(13(8)20)7-12(19)17-1-3-22-4-2-17/h5-6H,1-4,7H2. The first kappa shape index (κ1) is 15.3. The number of hydrogen-bond donors (Lipinski definition) is 0. The van der Waals surface area contributed by atoms with Crippen LogP contribution < -0.4 is 0 Å². The van der Waals surface area contributed by atoms with Gasteiger partial charge in [0.05, 0.1) is 34.4 Å². The van der Waals surface area contributed by atoms with Gasteiger partial charge in [-0.2, -0.15) is 0 Å². The van der Waals surface area contributed by atoms with Crippen LogP contribution in [0.25, 0.3) is 0 Å². The summed E-state index contributed by atoms with van der Waals surface area (Å²) in [7, 11) is 0. The van der Waals surface area contributed by atoms with Gasteiger partial charge in [-0.3, -0.25) is 19.3 Å². The van der Waals surface area contributed by atoms with E-state index in [-0.39, 0.29) is 33.6 Å². The minimum atomic E-state index is -0.528. The largest absolute Gasteiger partial charge is 0.378 e. The summed E-state index contributed by atoms with van der Waals surface area (Å²) in [6.07, 6.45) is 0. The summed E-state index contributed by atoms with van der Waals surface area (Å²) in [4.78, 5) is 39.3. The molecule has 116 valence electrons. The zero-order valence-corrected chi connectivity index (χ0v) is 13.0. The highest BCUT2D eigenvalue weighted by molar-refractivity contribution is 6.43. The Balaban J connectivity index is 1.80. The maximum absolute atomic E-state index is 12.3. The second-order valence-electron chi connectivity index (χ2n) is 5.00. The van der Waals surface area contributed by atoms with Crippen LogP contribution in [0.5, 0.6) is 0 Å². The van der Waals surface area contributed by atoms with Crippen LogP contribution in [0.4, 0.5) is 0 Å². The van der Waals surface area contributed by atoms with Crippen molar-refractivity contribution in [3.05, 3.63) is 33.3 Å². The van der Waals surface area contributed by atoms with Crippen molar-refractivity contribution in [1.29, 1.82) is 0 Å². The third-order valence-corrected chi connectivity index (χ3v) is 4.39. The van der Waals surface area contributed by atoms with Gasteiger partial charge in [0, 0.05) is 13.1 Å². The summed E-state index contributed by atoms with van der Waals surface area (Å²) in [5, 5.41) is 0.394. The molecule has 2 heterocycles. The van der Waals surface area contributed by atoms with Crippen LogP contribution in [-0.2, 0) is 9.53 Å². The van der Waals surface area contributed by atoms with Crippen LogP contribution >= 0.6 is 23.2 Å². The first-order valence-corrected chi connectivity index (χ1v) is 7.45. The molecule has 0 bridgehead atoms. The van der Waals surface area contributed by atoms with Gasteiger partial charge in [0.2, 0.25) is 5.91 Å². The first-order chi connectivity index (χ1) is 10.5. The molecule has 0 unspecified atom stereocenters. The minimum absolute atomic E-state index is 0.175. The quantitative estimate of drug-likeness (QED) is 0.763. The average Bonchev–Trinajstić information content (AvgIpc) is 2.74. The lowest BCUT2D eigenvalue weighted by Crippen LogP contribution is -2.47. The molecule has 0 aliphatic carbocycles. The van der Waals surface area contributed by atoms with Crippen molar-refractivity contribution in [2.75, 3.05) is 32.8 Å². The van der Waals surface area contributed by atoms with Crippen LogP contribution in [0.3, 0.4) is 0 Å². The van der Waals surface area contributed by atoms with Crippen molar-refractivity contribution in [3.63, 3.8) is 0 Å². The minimum Gasteiger partial charge on any atom is -0.378 e. The van der Waals surface area contributed by atoms with Crippen LogP contribution in [0.1, 0.15) is 20.7 Å². The molecule has 3 rings (SSSR count). The second kappa shape index (κ2) is 5.87. The highest BCUT2D eigenvalue weighted by Gasteiger charge is 2.38. The number of carbonyl (C=O) groups excluding carboxylic acids is 3. The highest BCUT2D eigenvalue weighted by Crippen LogP contribution is 2.31. The second-order valence-corrected chi connectivity index (χ2v) is 5.82. The zero-order valence-electron chi connectivity index (χ0n) is 11.5. The van der Waals surface area contributed by atoms with Gasteiger partial charge in [-0.15, -0.1) is 0 Å². The summed E-state index contributed by atoms with van der Waals surface area (Å²) in [5.74, 6) is -1.34. The number of morpholine rings is 1. The molecule has 1 aromatic rings. The number of benzene rings is 1. The number of rotatable bonds is 2. The fraction of sp³-hybridized carbons (Fsp3) is 0.357. The molecular formula is C14H12Cl2N2O4. The van der Waals surface area contributed by atoms with Gasteiger partial charge in [0.25, 0.3) is 11.8 Å². The van der Waals surface area contributed by atoms with E-state index < -0.39 is 11.8 Å². The Morgan fingerprint density at radius 1 is 1.05 bits per heavy atom. The van der Waals surface area contributed by atoms with Crippen molar-refractivity contribution < 1.29 is 19.1 Å². The predicted octanol–water partition coefficient (Wildman–Crippen LogP) is 1.45. The summed E-state index contributed by atoms with van der Waals surface area (Å²) >= 11 is 11.8. The van der Waals surface area contributed by atoms with E-state index in [2.05, 4.69) is 0 Å². The molecular weight excluding hydrogens is 331 g/mol. The molecule has 3 amide bonds. The van der Waals surface area contributed by atoms with Gasteiger partial charge in [-0.05, 0) is 12.1 Å². The molecule has 0 spiro atoms. The predicted molar refractivity (Wildman–Crippen MR) is 79.2 cm³/mol. The van der Waals surface area contributed by atoms with Gasteiger partial charge >= 0.3 is 0 Å². The number of hydrogen-bond acceptors (Lipinski definition) is 4. The molecule has 0 radical (unpaired) electrons. The number of carbonyl (C=O) groups is 3. The number of ether oxygens (including phenoxy) is 1. The van der Waals surface area contributed by atoms with E-state index in [4.69, 9.17) is 27.9 Å². The van der Waals surface area contributed by atoms with E-state index in [0.717, 1.165) is 4.90 Å². The van der Waals surface area contributed by atoms with Crippen molar-refractivity contribution in [2.24, 2.45) is 0 Å². The fourth-order valence-corrected chi connectivity index (χ4v) is 2.80. The number of nitrogens with zero attached hydrogens (tertiary/aromatic N) is 2. The fourth-order valence-electron chi connectivity index (χ4n) is 2.48. The van der Waals surface area contributed by atoms with E-state index in [9.17, 15) is 14.4 Å². The van der Waals surface area contributed by atoms with Gasteiger partial charge in [-0.25, -0.2) is 0 Å². The molecule has 22 heavy (non-hydrogen) atoms. The Morgan fingerprint density at radius 2 is 1.55 bits per heavy atom. The maximum Gasteiger partial charge on any atom is 0.262 e. The first-order valence-electron chi connectivity index (χ1n) is 6.70. The molecule has 1 fully saturated rings. The van der Waals surface area contributed by atoms with E-state index in [0.29, 0.717) is 26.3 Å². The van der Waals surface area contributed by atoms with Gasteiger partial charge in [0.1, 0.15) is 6.54 Å². The third kappa shape index (κ3) is 2.58. The van der Waals surface area contributed by atoms with Crippen LogP contribution in [-0.4, -0.2) is 60.4 Å². The smallest absolute Gasteiger partial charge is 0.262 e. The van der Waals surface area contributed by atoms with Crippen LogP contribution in [0, 0.1) is 0 Å². The maximum atomic E-state index is 12.3. The molecule has 0 N–H and O–H groups in total. The lowest BCUT2D eigenvalue weighted by molar-refractivity contribution is -0.135. The topological polar surface area (TPSA) is 66.9 Å². The van der Waals surface area contributed by atoms with E-state index in [1.54, 1.807) is 4.90 Å². The molecule has 1 saturated heterocycles. The Hall–Kier alpha value is -1.63. The third-order valence-electron chi connectivity index (χ3n) is 3.67. The highest BCUT2D eigenvalue weighted by atomic mass is 35.5.